The molecule has 3 aliphatic rings. The highest BCUT2D eigenvalue weighted by molar-refractivity contribution is 6.32. The average Bonchev–Trinajstić information content (AvgIpc) is 3.51. The van der Waals surface area contributed by atoms with Crippen molar-refractivity contribution in [1.82, 2.24) is 24.6 Å². The molecule has 168 valence electrons. The molecular formula is C23H26ClFN6O. The first kappa shape index (κ1) is 20.3. The van der Waals surface area contributed by atoms with E-state index in [-0.39, 0.29) is 5.92 Å². The van der Waals surface area contributed by atoms with Crippen LogP contribution in [-0.2, 0) is 4.74 Å². The van der Waals surface area contributed by atoms with Gasteiger partial charge in [-0.3, -0.25) is 4.90 Å². The van der Waals surface area contributed by atoms with Gasteiger partial charge in [0.15, 0.2) is 5.15 Å². The van der Waals surface area contributed by atoms with E-state index < -0.39 is 6.17 Å². The number of nitrogens with one attached hydrogen (secondary N) is 1. The van der Waals surface area contributed by atoms with E-state index in [1.807, 2.05) is 17.7 Å². The summed E-state index contributed by atoms with van der Waals surface area (Å²) in [4.78, 5) is 11.4. The van der Waals surface area contributed by atoms with Crippen molar-refractivity contribution in [2.75, 3.05) is 31.6 Å². The Morgan fingerprint density at radius 2 is 2.00 bits per heavy atom. The molecule has 2 unspecified atom stereocenters. The maximum atomic E-state index is 15.2. The van der Waals surface area contributed by atoms with Crippen LogP contribution in [0.3, 0.4) is 0 Å². The molecule has 1 aliphatic carbocycles. The van der Waals surface area contributed by atoms with E-state index in [9.17, 15) is 0 Å². The van der Waals surface area contributed by atoms with Crippen LogP contribution in [-0.4, -0.2) is 63.2 Å². The molecule has 32 heavy (non-hydrogen) atoms. The molecule has 0 bridgehead atoms. The minimum atomic E-state index is -0.896. The van der Waals surface area contributed by atoms with Crippen LogP contribution >= 0.6 is 11.6 Å². The van der Waals surface area contributed by atoms with E-state index in [0.717, 1.165) is 61.1 Å². The van der Waals surface area contributed by atoms with Crippen LogP contribution in [0.2, 0.25) is 5.15 Å². The molecule has 2 aliphatic heterocycles. The van der Waals surface area contributed by atoms with Crippen molar-refractivity contribution >= 4 is 34.1 Å². The largest absolute Gasteiger partial charge is 0.378 e. The molecule has 3 aromatic rings. The van der Waals surface area contributed by atoms with Gasteiger partial charge in [-0.15, -0.1) is 0 Å². The minimum Gasteiger partial charge on any atom is -0.378 e. The molecule has 7 nitrogen and oxygen atoms in total. The Labute approximate surface area is 190 Å². The van der Waals surface area contributed by atoms with E-state index in [1.165, 1.54) is 0 Å². The summed E-state index contributed by atoms with van der Waals surface area (Å²) in [5.41, 5.74) is 3.62. The number of anilines is 2. The average molecular weight is 457 g/mol. The second-order valence-electron chi connectivity index (χ2n) is 9.21. The van der Waals surface area contributed by atoms with E-state index in [2.05, 4.69) is 26.4 Å². The number of nitrogens with zero attached hydrogens (tertiary/aromatic N) is 5. The van der Waals surface area contributed by atoms with Crippen molar-refractivity contribution < 1.29 is 9.13 Å². The first-order valence-corrected chi connectivity index (χ1v) is 11.7. The fraction of sp³-hybridized carbons (Fsp3) is 0.522. The predicted octanol–water partition coefficient (Wildman–Crippen LogP) is 4.39. The summed E-state index contributed by atoms with van der Waals surface area (Å²) >= 11 is 6.47. The number of piperidine rings is 1. The van der Waals surface area contributed by atoms with Crippen LogP contribution in [0.1, 0.15) is 42.3 Å². The third-order valence-corrected chi connectivity index (χ3v) is 7.33. The number of aryl methyl sites for hydroxylation is 1. The highest BCUT2D eigenvalue weighted by atomic mass is 35.5. The maximum Gasteiger partial charge on any atom is 0.227 e. The summed E-state index contributed by atoms with van der Waals surface area (Å²) in [6, 6.07) is 4.87. The van der Waals surface area contributed by atoms with Crippen molar-refractivity contribution in [3.8, 4) is 0 Å². The number of halogens is 2. The van der Waals surface area contributed by atoms with Gasteiger partial charge in [-0.1, -0.05) is 11.6 Å². The Morgan fingerprint density at radius 3 is 2.72 bits per heavy atom. The maximum absolute atomic E-state index is 15.2. The highest BCUT2D eigenvalue weighted by Gasteiger charge is 2.36. The number of alkyl halides is 1. The molecule has 0 radical (unpaired) electrons. The fourth-order valence-corrected chi connectivity index (χ4v) is 5.12. The Hall–Kier alpha value is -2.29. The van der Waals surface area contributed by atoms with Crippen molar-refractivity contribution in [1.29, 1.82) is 0 Å². The number of hydrogen-bond acceptors (Lipinski definition) is 6. The quantitative estimate of drug-likeness (QED) is 0.614. The van der Waals surface area contributed by atoms with Gasteiger partial charge in [0, 0.05) is 24.0 Å². The van der Waals surface area contributed by atoms with Crippen molar-refractivity contribution in [2.45, 2.75) is 50.4 Å². The topological polar surface area (TPSA) is 68.1 Å². The Morgan fingerprint density at radius 1 is 1.16 bits per heavy atom. The Balaban J connectivity index is 1.25. The van der Waals surface area contributed by atoms with Gasteiger partial charge in [0.1, 0.15) is 6.17 Å². The highest BCUT2D eigenvalue weighted by Crippen LogP contribution is 2.39. The van der Waals surface area contributed by atoms with Gasteiger partial charge in [0.25, 0.3) is 0 Å². The summed E-state index contributed by atoms with van der Waals surface area (Å²) in [6.45, 7) is 4.87. The van der Waals surface area contributed by atoms with Gasteiger partial charge in [-0.25, -0.2) is 19.0 Å². The molecule has 1 saturated carbocycles. The van der Waals surface area contributed by atoms with Gasteiger partial charge in [-0.2, -0.15) is 5.10 Å². The van der Waals surface area contributed by atoms with Crippen LogP contribution in [0.4, 0.5) is 16.0 Å². The van der Waals surface area contributed by atoms with Crippen LogP contribution in [0.5, 0.6) is 0 Å². The zero-order chi connectivity index (χ0) is 21.8. The van der Waals surface area contributed by atoms with Crippen LogP contribution in [0, 0.1) is 6.92 Å². The molecule has 1 N–H and O–H groups in total. The number of ether oxygens (including phenoxy) is 1. The number of rotatable bonds is 5. The molecule has 2 atom stereocenters. The number of likely N-dealkylation sites (tertiary alicyclic amines) is 1. The van der Waals surface area contributed by atoms with Gasteiger partial charge >= 0.3 is 0 Å². The zero-order valence-corrected chi connectivity index (χ0v) is 18.7. The standard InChI is InChI=1S/C23H26ClFN6O/c1-13-6-14-8-26-23(29-21-9-27-31(22(21)24)15-2-3-15)28-20(14)7-18(13)17-4-5-30(10-19(17)25)16-11-32-12-16/h6-9,15-17,19H,2-5,10-12H2,1H3,(H,26,28,29). The van der Waals surface area contributed by atoms with Gasteiger partial charge in [0.2, 0.25) is 5.95 Å². The molecule has 2 aromatic heterocycles. The molecule has 9 heteroatoms. The molecular weight excluding hydrogens is 431 g/mol. The number of benzene rings is 1. The van der Waals surface area contributed by atoms with E-state index in [1.54, 1.807) is 12.4 Å². The van der Waals surface area contributed by atoms with Crippen LogP contribution in [0.25, 0.3) is 10.9 Å². The molecule has 6 rings (SSSR count). The van der Waals surface area contributed by atoms with E-state index in [4.69, 9.17) is 21.3 Å². The minimum absolute atomic E-state index is 0.116. The summed E-state index contributed by atoms with van der Waals surface area (Å²) in [7, 11) is 0. The normalized spacial score (nSPS) is 24.6. The summed E-state index contributed by atoms with van der Waals surface area (Å²) < 4.78 is 22.3. The third kappa shape index (κ3) is 3.64. The number of fused-ring (bicyclic) bond motifs is 1. The summed E-state index contributed by atoms with van der Waals surface area (Å²) in [5, 5.41) is 9.08. The SMILES string of the molecule is Cc1cc2cnc(Nc3cnn(C4CC4)c3Cl)nc2cc1C1CCN(C2COC2)CC1F. The summed E-state index contributed by atoms with van der Waals surface area (Å²) in [5.74, 6) is 0.343. The number of hydrogen-bond donors (Lipinski definition) is 1. The second kappa shape index (κ2) is 7.93. The van der Waals surface area contributed by atoms with Crippen molar-refractivity contribution in [3.63, 3.8) is 0 Å². The monoisotopic (exact) mass is 456 g/mol. The van der Waals surface area contributed by atoms with E-state index in [0.29, 0.717) is 35.4 Å². The second-order valence-corrected chi connectivity index (χ2v) is 9.57. The Bertz CT molecular complexity index is 1160. The van der Waals surface area contributed by atoms with Crippen LogP contribution in [0.15, 0.2) is 24.5 Å². The molecule has 4 heterocycles. The lowest BCUT2D eigenvalue weighted by molar-refractivity contribution is -0.0807. The molecule has 0 amide bonds. The first-order valence-electron chi connectivity index (χ1n) is 11.3. The molecule has 2 saturated heterocycles. The summed E-state index contributed by atoms with van der Waals surface area (Å²) in [6.07, 6.45) is 5.63. The lowest BCUT2D eigenvalue weighted by Gasteiger charge is -2.43. The Kier molecular flexibility index (Phi) is 5.04. The first-order chi connectivity index (χ1) is 15.6. The van der Waals surface area contributed by atoms with Crippen molar-refractivity contribution in [2.24, 2.45) is 0 Å². The van der Waals surface area contributed by atoms with Crippen LogP contribution < -0.4 is 5.32 Å². The zero-order valence-electron chi connectivity index (χ0n) is 18.0. The van der Waals surface area contributed by atoms with E-state index >= 15 is 4.39 Å². The lowest BCUT2D eigenvalue weighted by Crippen LogP contribution is -2.54. The fourth-order valence-electron chi connectivity index (χ4n) is 4.84. The smallest absolute Gasteiger partial charge is 0.227 e. The molecule has 0 spiro atoms. The molecule has 1 aromatic carbocycles. The number of aromatic nitrogens is 4. The van der Waals surface area contributed by atoms with Gasteiger partial charge in [-0.05, 0) is 56.0 Å². The molecule has 3 fully saturated rings. The third-order valence-electron chi connectivity index (χ3n) is 6.95. The van der Waals surface area contributed by atoms with Gasteiger partial charge < -0.3 is 10.1 Å². The van der Waals surface area contributed by atoms with Crippen molar-refractivity contribution in [3.05, 3.63) is 40.8 Å². The predicted molar refractivity (Wildman–Crippen MR) is 121 cm³/mol. The van der Waals surface area contributed by atoms with Gasteiger partial charge in [0.05, 0.1) is 42.7 Å². The lowest BCUT2D eigenvalue weighted by atomic mass is 9.84.